The first-order valence-corrected chi connectivity index (χ1v) is 7.59. The van der Waals surface area contributed by atoms with Gasteiger partial charge in [0.05, 0.1) is 0 Å². The zero-order valence-corrected chi connectivity index (χ0v) is 12.1. The summed E-state index contributed by atoms with van der Waals surface area (Å²) in [6, 6.07) is 0.304. The standard InChI is InChI=1S/C13H24BrNO/c1-11(10-14)15(2)13(16)9-12-7-5-3-4-6-8-12/h11-12H,3-10H2,1-2H3. The van der Waals surface area contributed by atoms with E-state index in [0.29, 0.717) is 17.9 Å². The van der Waals surface area contributed by atoms with Gasteiger partial charge in [0.25, 0.3) is 0 Å². The average molecular weight is 290 g/mol. The summed E-state index contributed by atoms with van der Waals surface area (Å²) in [5.41, 5.74) is 0. The minimum absolute atomic E-state index is 0.304. The lowest BCUT2D eigenvalue weighted by molar-refractivity contribution is -0.132. The van der Waals surface area contributed by atoms with Gasteiger partial charge in [-0.15, -0.1) is 0 Å². The first-order valence-electron chi connectivity index (χ1n) is 6.46. The second-order valence-corrected chi connectivity index (χ2v) is 5.72. The molecule has 0 saturated heterocycles. The van der Waals surface area contributed by atoms with Crippen LogP contribution in [0.2, 0.25) is 0 Å². The van der Waals surface area contributed by atoms with E-state index in [1.165, 1.54) is 38.5 Å². The highest BCUT2D eigenvalue weighted by Gasteiger charge is 2.20. The van der Waals surface area contributed by atoms with Crippen molar-refractivity contribution in [2.45, 2.75) is 57.9 Å². The summed E-state index contributed by atoms with van der Waals surface area (Å²) < 4.78 is 0. The highest BCUT2D eigenvalue weighted by molar-refractivity contribution is 9.09. The van der Waals surface area contributed by atoms with Crippen LogP contribution in [0.15, 0.2) is 0 Å². The van der Waals surface area contributed by atoms with Crippen LogP contribution in [0.3, 0.4) is 0 Å². The fourth-order valence-corrected chi connectivity index (χ4v) is 2.74. The Kier molecular flexibility index (Phi) is 6.40. The highest BCUT2D eigenvalue weighted by atomic mass is 79.9. The van der Waals surface area contributed by atoms with Crippen LogP contribution in [0.25, 0.3) is 0 Å². The lowest BCUT2D eigenvalue weighted by Gasteiger charge is -2.25. The van der Waals surface area contributed by atoms with Gasteiger partial charge in [0.2, 0.25) is 5.91 Å². The molecule has 16 heavy (non-hydrogen) atoms. The van der Waals surface area contributed by atoms with E-state index < -0.39 is 0 Å². The maximum absolute atomic E-state index is 12.0. The Labute approximate surface area is 108 Å². The quantitative estimate of drug-likeness (QED) is 0.572. The third kappa shape index (κ3) is 4.44. The average Bonchev–Trinajstić information content (AvgIpc) is 2.55. The summed E-state index contributed by atoms with van der Waals surface area (Å²) in [4.78, 5) is 13.9. The van der Waals surface area contributed by atoms with Crippen molar-refractivity contribution >= 4 is 21.8 Å². The van der Waals surface area contributed by atoms with E-state index in [-0.39, 0.29) is 0 Å². The second kappa shape index (κ2) is 7.31. The predicted octanol–water partition coefficient (Wildman–Crippen LogP) is 3.59. The molecule has 1 unspecified atom stereocenters. The maximum Gasteiger partial charge on any atom is 0.222 e. The van der Waals surface area contributed by atoms with Crippen LogP contribution >= 0.6 is 15.9 Å². The molecular formula is C13H24BrNO. The van der Waals surface area contributed by atoms with Crippen molar-refractivity contribution < 1.29 is 4.79 Å². The van der Waals surface area contributed by atoms with E-state index in [1.54, 1.807) is 0 Å². The topological polar surface area (TPSA) is 20.3 Å². The van der Waals surface area contributed by atoms with Gasteiger partial charge in [-0.05, 0) is 25.7 Å². The molecule has 0 radical (unpaired) electrons. The van der Waals surface area contributed by atoms with Gasteiger partial charge in [-0.1, -0.05) is 41.6 Å². The Balaban J connectivity index is 2.37. The van der Waals surface area contributed by atoms with E-state index in [0.717, 1.165) is 11.8 Å². The van der Waals surface area contributed by atoms with E-state index in [2.05, 4.69) is 22.9 Å². The number of hydrogen-bond acceptors (Lipinski definition) is 1. The molecule has 0 aromatic rings. The zero-order valence-electron chi connectivity index (χ0n) is 10.5. The summed E-state index contributed by atoms with van der Waals surface area (Å²) in [5.74, 6) is 0.957. The van der Waals surface area contributed by atoms with E-state index in [9.17, 15) is 4.79 Å². The van der Waals surface area contributed by atoms with Gasteiger partial charge < -0.3 is 4.90 Å². The first-order chi connectivity index (χ1) is 7.65. The molecule has 0 N–H and O–H groups in total. The van der Waals surface area contributed by atoms with Gasteiger partial charge in [0, 0.05) is 24.8 Å². The summed E-state index contributed by atoms with van der Waals surface area (Å²) >= 11 is 3.43. The fraction of sp³-hybridized carbons (Fsp3) is 0.923. The molecule has 1 aliphatic rings. The largest absolute Gasteiger partial charge is 0.342 e. The van der Waals surface area contributed by atoms with Crippen molar-refractivity contribution in [3.63, 3.8) is 0 Å². The molecule has 1 atom stereocenters. The number of amides is 1. The van der Waals surface area contributed by atoms with E-state index in [1.807, 2.05) is 11.9 Å². The normalized spacial score (nSPS) is 20.2. The van der Waals surface area contributed by atoms with Crippen LogP contribution in [0.4, 0.5) is 0 Å². The number of nitrogens with zero attached hydrogens (tertiary/aromatic N) is 1. The van der Waals surface area contributed by atoms with Gasteiger partial charge in [-0.3, -0.25) is 4.79 Å². The molecule has 0 heterocycles. The molecule has 1 amide bonds. The number of halogens is 1. The van der Waals surface area contributed by atoms with Crippen molar-refractivity contribution in [3.8, 4) is 0 Å². The summed E-state index contributed by atoms with van der Waals surface area (Å²) in [6.07, 6.45) is 8.61. The molecule has 0 aliphatic heterocycles. The Morgan fingerprint density at radius 3 is 2.38 bits per heavy atom. The van der Waals surface area contributed by atoms with Crippen LogP contribution in [-0.4, -0.2) is 29.2 Å². The molecule has 1 aliphatic carbocycles. The number of carbonyl (C=O) groups is 1. The third-order valence-corrected chi connectivity index (χ3v) is 4.65. The zero-order chi connectivity index (χ0) is 12.0. The predicted molar refractivity (Wildman–Crippen MR) is 71.8 cm³/mol. The van der Waals surface area contributed by atoms with Gasteiger partial charge >= 0.3 is 0 Å². The molecule has 3 heteroatoms. The molecule has 1 saturated carbocycles. The van der Waals surface area contributed by atoms with Gasteiger partial charge in [-0.2, -0.15) is 0 Å². The maximum atomic E-state index is 12.0. The highest BCUT2D eigenvalue weighted by Crippen LogP contribution is 2.26. The Morgan fingerprint density at radius 2 is 1.88 bits per heavy atom. The van der Waals surface area contributed by atoms with Gasteiger partial charge in [0.1, 0.15) is 0 Å². The van der Waals surface area contributed by atoms with E-state index >= 15 is 0 Å². The molecular weight excluding hydrogens is 266 g/mol. The Bertz CT molecular complexity index is 212. The number of alkyl halides is 1. The van der Waals surface area contributed by atoms with Crippen LogP contribution < -0.4 is 0 Å². The molecule has 2 nitrogen and oxygen atoms in total. The summed E-state index contributed by atoms with van der Waals surface area (Å²) in [6.45, 7) is 2.08. The number of rotatable bonds is 4. The van der Waals surface area contributed by atoms with Gasteiger partial charge in [0.15, 0.2) is 0 Å². The van der Waals surface area contributed by atoms with Crippen LogP contribution in [0.5, 0.6) is 0 Å². The molecule has 1 fully saturated rings. The van der Waals surface area contributed by atoms with E-state index in [4.69, 9.17) is 0 Å². The fourth-order valence-electron chi connectivity index (χ4n) is 2.31. The van der Waals surface area contributed by atoms with Crippen LogP contribution in [0, 0.1) is 5.92 Å². The molecule has 0 aromatic carbocycles. The SMILES string of the molecule is CC(CBr)N(C)C(=O)CC1CCCCCC1. The molecule has 0 aromatic heterocycles. The summed E-state index contributed by atoms with van der Waals surface area (Å²) in [7, 11) is 1.92. The number of hydrogen-bond donors (Lipinski definition) is 0. The van der Waals surface area contributed by atoms with Crippen molar-refractivity contribution in [1.82, 2.24) is 4.90 Å². The molecule has 1 rings (SSSR count). The Morgan fingerprint density at radius 1 is 1.31 bits per heavy atom. The van der Waals surface area contributed by atoms with Crippen molar-refractivity contribution in [3.05, 3.63) is 0 Å². The molecule has 94 valence electrons. The third-order valence-electron chi connectivity index (χ3n) is 3.72. The smallest absolute Gasteiger partial charge is 0.222 e. The summed E-state index contributed by atoms with van der Waals surface area (Å²) in [5, 5.41) is 0.861. The molecule has 0 spiro atoms. The molecule has 0 bridgehead atoms. The minimum Gasteiger partial charge on any atom is -0.342 e. The minimum atomic E-state index is 0.304. The van der Waals surface area contributed by atoms with Crippen LogP contribution in [-0.2, 0) is 4.79 Å². The lowest BCUT2D eigenvalue weighted by Crippen LogP contribution is -2.36. The van der Waals surface area contributed by atoms with Gasteiger partial charge in [-0.25, -0.2) is 0 Å². The van der Waals surface area contributed by atoms with Crippen LogP contribution in [0.1, 0.15) is 51.9 Å². The van der Waals surface area contributed by atoms with Crippen molar-refractivity contribution in [1.29, 1.82) is 0 Å². The lowest BCUT2D eigenvalue weighted by atomic mass is 9.96. The van der Waals surface area contributed by atoms with Crippen molar-refractivity contribution in [2.24, 2.45) is 5.92 Å². The number of carbonyl (C=O) groups excluding carboxylic acids is 1. The second-order valence-electron chi connectivity index (χ2n) is 5.07. The monoisotopic (exact) mass is 289 g/mol. The first kappa shape index (κ1) is 14.0. The van der Waals surface area contributed by atoms with Crippen molar-refractivity contribution in [2.75, 3.05) is 12.4 Å². The Hall–Kier alpha value is -0.0500.